The molecule has 1 saturated heterocycles. The van der Waals surface area contributed by atoms with Gasteiger partial charge in [-0.15, -0.1) is 5.10 Å². The lowest BCUT2D eigenvalue weighted by atomic mass is 10.0. The monoisotopic (exact) mass is 362 g/mol. The predicted octanol–water partition coefficient (Wildman–Crippen LogP) is 3.50. The van der Waals surface area contributed by atoms with Crippen LogP contribution in [0.2, 0.25) is 0 Å². The summed E-state index contributed by atoms with van der Waals surface area (Å²) in [6.07, 6.45) is 2.26. The van der Waals surface area contributed by atoms with E-state index in [9.17, 15) is 4.79 Å². The van der Waals surface area contributed by atoms with Crippen molar-refractivity contribution in [3.63, 3.8) is 0 Å². The Morgan fingerprint density at radius 3 is 2.48 bits per heavy atom. The summed E-state index contributed by atoms with van der Waals surface area (Å²) in [6.45, 7) is 3.77. The lowest BCUT2D eigenvalue weighted by Crippen LogP contribution is -2.30. The van der Waals surface area contributed by atoms with E-state index in [1.165, 1.54) is 0 Å². The maximum atomic E-state index is 12.9. The first-order chi connectivity index (χ1) is 13.2. The number of nitrogens with zero attached hydrogens (tertiary/aromatic N) is 3. The van der Waals surface area contributed by atoms with Gasteiger partial charge in [-0.05, 0) is 37.0 Å². The van der Waals surface area contributed by atoms with Crippen molar-refractivity contribution in [1.82, 2.24) is 15.5 Å². The second-order valence-electron chi connectivity index (χ2n) is 6.75. The molecule has 27 heavy (non-hydrogen) atoms. The third kappa shape index (κ3) is 3.69. The van der Waals surface area contributed by atoms with E-state index < -0.39 is 6.04 Å². The van der Waals surface area contributed by atoms with E-state index in [1.807, 2.05) is 61.5 Å². The van der Waals surface area contributed by atoms with Crippen LogP contribution >= 0.6 is 0 Å². The Balaban J connectivity index is 1.64. The number of rotatable bonds is 5. The topological polar surface area (TPSA) is 71.3 Å². The van der Waals surface area contributed by atoms with Gasteiger partial charge in [0.2, 0.25) is 5.89 Å². The van der Waals surface area contributed by atoms with Crippen LogP contribution in [0.5, 0.6) is 0 Å². The molecule has 1 aliphatic heterocycles. The Kier molecular flexibility index (Phi) is 4.87. The molecule has 3 aromatic rings. The molecule has 0 spiro atoms. The Hall–Kier alpha value is -3.15. The summed E-state index contributed by atoms with van der Waals surface area (Å²) in [6, 6.07) is 17.2. The molecule has 1 fully saturated rings. The van der Waals surface area contributed by atoms with Crippen LogP contribution in [0.1, 0.15) is 46.3 Å². The number of carbonyl (C=O) groups excluding carboxylic acids is 1. The summed E-state index contributed by atoms with van der Waals surface area (Å²) >= 11 is 0. The maximum Gasteiger partial charge on any atom is 0.318 e. The van der Waals surface area contributed by atoms with Crippen molar-refractivity contribution in [3.8, 4) is 0 Å². The molecule has 0 aliphatic carbocycles. The summed E-state index contributed by atoms with van der Waals surface area (Å²) in [7, 11) is 0. The van der Waals surface area contributed by atoms with Gasteiger partial charge < -0.3 is 14.6 Å². The molecule has 1 atom stereocenters. The highest BCUT2D eigenvalue weighted by Crippen LogP contribution is 2.26. The van der Waals surface area contributed by atoms with Crippen molar-refractivity contribution in [1.29, 1.82) is 0 Å². The van der Waals surface area contributed by atoms with Crippen molar-refractivity contribution >= 4 is 11.9 Å². The molecular weight excluding hydrogens is 340 g/mol. The quantitative estimate of drug-likeness (QED) is 0.752. The second-order valence-corrected chi connectivity index (χ2v) is 6.75. The first kappa shape index (κ1) is 17.3. The van der Waals surface area contributed by atoms with Crippen LogP contribution < -0.4 is 10.2 Å². The molecule has 1 amide bonds. The summed E-state index contributed by atoms with van der Waals surface area (Å²) in [5, 5.41) is 11.5. The van der Waals surface area contributed by atoms with Crippen LogP contribution in [-0.4, -0.2) is 29.2 Å². The second kappa shape index (κ2) is 7.61. The normalized spacial score (nSPS) is 14.9. The third-order valence-corrected chi connectivity index (χ3v) is 4.85. The van der Waals surface area contributed by atoms with Crippen LogP contribution in [0.15, 0.2) is 59.0 Å². The first-order valence-electron chi connectivity index (χ1n) is 9.22. The molecule has 0 radical (unpaired) electrons. The SMILES string of the molecule is Cc1ccccc1C(=O)N[C@H](c1ccccc1)c1nnc(N2CCCC2)o1. The Labute approximate surface area is 158 Å². The molecular formula is C21H22N4O2. The van der Waals surface area contributed by atoms with Crippen molar-refractivity contribution in [2.45, 2.75) is 25.8 Å². The zero-order valence-corrected chi connectivity index (χ0v) is 15.3. The fourth-order valence-corrected chi connectivity index (χ4v) is 3.35. The number of nitrogens with one attached hydrogen (secondary N) is 1. The van der Waals surface area contributed by atoms with Gasteiger partial charge in [0.05, 0.1) is 0 Å². The Morgan fingerprint density at radius 2 is 1.74 bits per heavy atom. The standard InChI is InChI=1S/C21H22N4O2/c1-15-9-5-6-12-17(15)19(26)22-18(16-10-3-2-4-11-16)20-23-24-21(27-20)25-13-7-8-14-25/h2-6,9-12,18H,7-8,13-14H2,1H3,(H,22,26)/t18-/m1/s1. The van der Waals surface area contributed by atoms with Gasteiger partial charge >= 0.3 is 6.01 Å². The summed E-state index contributed by atoms with van der Waals surface area (Å²) in [5.41, 5.74) is 2.46. The molecule has 1 aliphatic rings. The van der Waals surface area contributed by atoms with E-state index in [0.717, 1.165) is 37.1 Å². The van der Waals surface area contributed by atoms with E-state index in [0.29, 0.717) is 17.5 Å². The molecule has 4 rings (SSSR count). The van der Waals surface area contributed by atoms with Gasteiger partial charge in [0.25, 0.3) is 5.91 Å². The minimum Gasteiger partial charge on any atom is -0.405 e. The molecule has 0 saturated carbocycles. The minimum atomic E-state index is -0.498. The van der Waals surface area contributed by atoms with Crippen LogP contribution in [0.25, 0.3) is 0 Å². The number of amides is 1. The van der Waals surface area contributed by atoms with Gasteiger partial charge in [-0.3, -0.25) is 4.79 Å². The molecule has 1 N–H and O–H groups in total. The van der Waals surface area contributed by atoms with E-state index in [4.69, 9.17) is 4.42 Å². The van der Waals surface area contributed by atoms with Gasteiger partial charge in [0.1, 0.15) is 6.04 Å². The van der Waals surface area contributed by atoms with Crippen molar-refractivity contribution in [2.75, 3.05) is 18.0 Å². The van der Waals surface area contributed by atoms with Gasteiger partial charge in [0.15, 0.2) is 0 Å². The number of hydrogen-bond acceptors (Lipinski definition) is 5. The van der Waals surface area contributed by atoms with Gasteiger partial charge in [-0.25, -0.2) is 0 Å². The number of aryl methyl sites for hydroxylation is 1. The lowest BCUT2D eigenvalue weighted by Gasteiger charge is -2.17. The molecule has 1 aromatic heterocycles. The molecule has 138 valence electrons. The highest BCUT2D eigenvalue weighted by Gasteiger charge is 2.26. The van der Waals surface area contributed by atoms with Crippen LogP contribution in [-0.2, 0) is 0 Å². The molecule has 2 aromatic carbocycles. The lowest BCUT2D eigenvalue weighted by molar-refractivity contribution is 0.0937. The van der Waals surface area contributed by atoms with Crippen molar-refractivity contribution in [2.24, 2.45) is 0 Å². The molecule has 2 heterocycles. The largest absolute Gasteiger partial charge is 0.405 e. The van der Waals surface area contributed by atoms with Crippen LogP contribution in [0, 0.1) is 6.92 Å². The van der Waals surface area contributed by atoms with Crippen LogP contribution in [0.4, 0.5) is 6.01 Å². The fraction of sp³-hybridized carbons (Fsp3) is 0.286. The molecule has 0 unspecified atom stereocenters. The molecule has 6 nitrogen and oxygen atoms in total. The first-order valence-corrected chi connectivity index (χ1v) is 9.22. The average Bonchev–Trinajstić information content (AvgIpc) is 3.38. The number of benzene rings is 2. The number of aromatic nitrogens is 2. The van der Waals surface area contributed by atoms with E-state index in [-0.39, 0.29) is 5.91 Å². The third-order valence-electron chi connectivity index (χ3n) is 4.85. The minimum absolute atomic E-state index is 0.164. The Morgan fingerprint density at radius 1 is 1.04 bits per heavy atom. The highest BCUT2D eigenvalue weighted by atomic mass is 16.4. The van der Waals surface area contributed by atoms with E-state index >= 15 is 0 Å². The van der Waals surface area contributed by atoms with Gasteiger partial charge in [-0.2, -0.15) is 0 Å². The summed E-state index contributed by atoms with van der Waals surface area (Å²) in [5.74, 6) is 0.230. The summed E-state index contributed by atoms with van der Waals surface area (Å²) in [4.78, 5) is 15.0. The highest BCUT2D eigenvalue weighted by molar-refractivity contribution is 5.96. The number of anilines is 1. The number of carbonyl (C=O) groups is 1. The van der Waals surface area contributed by atoms with Crippen LogP contribution in [0.3, 0.4) is 0 Å². The van der Waals surface area contributed by atoms with E-state index in [1.54, 1.807) is 0 Å². The molecule has 0 bridgehead atoms. The average molecular weight is 362 g/mol. The van der Waals surface area contributed by atoms with E-state index in [2.05, 4.69) is 20.4 Å². The molecule has 6 heteroatoms. The number of hydrogen-bond donors (Lipinski definition) is 1. The zero-order valence-electron chi connectivity index (χ0n) is 15.3. The van der Waals surface area contributed by atoms with Gasteiger partial charge in [-0.1, -0.05) is 53.6 Å². The summed E-state index contributed by atoms with van der Waals surface area (Å²) < 4.78 is 5.94. The Bertz CT molecular complexity index is 917. The smallest absolute Gasteiger partial charge is 0.318 e. The van der Waals surface area contributed by atoms with Crippen molar-refractivity contribution < 1.29 is 9.21 Å². The maximum absolute atomic E-state index is 12.9. The van der Waals surface area contributed by atoms with Crippen molar-refractivity contribution in [3.05, 3.63) is 77.2 Å². The fourth-order valence-electron chi connectivity index (χ4n) is 3.35. The predicted molar refractivity (Wildman–Crippen MR) is 103 cm³/mol. The zero-order chi connectivity index (χ0) is 18.6. The van der Waals surface area contributed by atoms with Gasteiger partial charge in [0, 0.05) is 18.7 Å².